The number of nitrogens with one attached hydrogen (secondary N) is 3. The van der Waals surface area contributed by atoms with Crippen molar-refractivity contribution in [3.8, 4) is 0 Å². The van der Waals surface area contributed by atoms with E-state index < -0.39 is 17.6 Å². The van der Waals surface area contributed by atoms with Gasteiger partial charge in [-0.2, -0.15) is 0 Å². The maximum Gasteiger partial charge on any atom is 0.247 e. The third-order valence-electron chi connectivity index (χ3n) is 7.25. The maximum atomic E-state index is 12.2. The second kappa shape index (κ2) is 10.1. The molecule has 2 amide bonds. The first-order chi connectivity index (χ1) is 16.3. The highest BCUT2D eigenvalue weighted by molar-refractivity contribution is 5.94. The molecule has 5 atom stereocenters. The lowest BCUT2D eigenvalue weighted by Gasteiger charge is -2.34. The summed E-state index contributed by atoms with van der Waals surface area (Å²) in [6, 6.07) is 8.25. The molecule has 0 spiro atoms. The highest BCUT2D eigenvalue weighted by Gasteiger charge is 2.60. The van der Waals surface area contributed by atoms with Gasteiger partial charge < -0.3 is 16.8 Å². The van der Waals surface area contributed by atoms with Gasteiger partial charge in [-0.05, 0) is 67.6 Å². The lowest BCUT2D eigenvalue weighted by atomic mass is 9.96. The normalized spacial score (nSPS) is 30.1. The maximum absolute atomic E-state index is 12.2. The van der Waals surface area contributed by atoms with E-state index in [-0.39, 0.29) is 18.0 Å². The van der Waals surface area contributed by atoms with Crippen LogP contribution in [0.4, 0.5) is 5.69 Å². The van der Waals surface area contributed by atoms with Gasteiger partial charge in [0.25, 0.3) is 0 Å². The predicted molar refractivity (Wildman–Crippen MR) is 135 cm³/mol. The standard InChI is InChI=1S/C26H36N6O2/c1-16(2)21-15-26(21,25(28)34)32-22-10-9-20(23(27)33)24(31-22)30-19-7-5-17(6-8-19)3-4-18-11-13-29-14-12-18/h5-9,11,13-14,16,18,21-22,24,30-32H,3-4,10,12,15H2,1-2H3,(H2,27,33)(H2,28,34)/t18?,21-,22?,24?,26+/m1/s1. The number of allylic oxidation sites excluding steroid dienone is 1. The molecule has 2 aliphatic heterocycles. The first-order valence-corrected chi connectivity index (χ1v) is 12.2. The number of carbonyl (C=O) groups is 2. The molecule has 0 saturated heterocycles. The van der Waals surface area contributed by atoms with Gasteiger partial charge in [0, 0.05) is 23.7 Å². The van der Waals surface area contributed by atoms with Crippen molar-refractivity contribution in [3.05, 3.63) is 53.8 Å². The number of hydrogen-bond acceptors (Lipinski definition) is 6. The Morgan fingerprint density at radius 1 is 1.21 bits per heavy atom. The van der Waals surface area contributed by atoms with Crippen molar-refractivity contribution in [2.45, 2.75) is 63.8 Å². The van der Waals surface area contributed by atoms with E-state index in [9.17, 15) is 9.59 Å². The van der Waals surface area contributed by atoms with E-state index in [1.165, 1.54) is 5.56 Å². The number of nitrogens with zero attached hydrogens (tertiary/aromatic N) is 1. The fourth-order valence-corrected chi connectivity index (χ4v) is 5.12. The van der Waals surface area contributed by atoms with Gasteiger partial charge >= 0.3 is 0 Å². The minimum absolute atomic E-state index is 0.205. The predicted octanol–water partition coefficient (Wildman–Crippen LogP) is 2.18. The van der Waals surface area contributed by atoms with Crippen molar-refractivity contribution in [2.24, 2.45) is 34.2 Å². The highest BCUT2D eigenvalue weighted by Crippen LogP contribution is 2.48. The van der Waals surface area contributed by atoms with Gasteiger partial charge in [0.05, 0.1) is 6.17 Å². The van der Waals surface area contributed by atoms with Gasteiger partial charge in [-0.25, -0.2) is 0 Å². The summed E-state index contributed by atoms with van der Waals surface area (Å²) in [6.45, 7) is 4.20. The second-order valence-electron chi connectivity index (χ2n) is 10.00. The molecule has 1 aromatic carbocycles. The minimum Gasteiger partial charge on any atom is -0.368 e. The molecule has 1 aromatic rings. The molecule has 8 heteroatoms. The Balaban J connectivity index is 1.38. The van der Waals surface area contributed by atoms with Crippen molar-refractivity contribution in [2.75, 3.05) is 5.32 Å². The van der Waals surface area contributed by atoms with E-state index in [0.29, 0.717) is 23.8 Å². The SMILES string of the molecule is CC(C)[C@H]1C[C@@]1(NC1CC=C(C(N)=O)C(Nc2ccc(CCC3C=CN=CC3)cc2)N1)C(N)=O. The summed E-state index contributed by atoms with van der Waals surface area (Å²) in [6.07, 6.45) is 11.5. The lowest BCUT2D eigenvalue weighted by Crippen LogP contribution is -2.60. The Morgan fingerprint density at radius 2 is 1.97 bits per heavy atom. The first kappa shape index (κ1) is 24.2. The average molecular weight is 465 g/mol. The Hall–Kier alpha value is -2.97. The molecule has 0 radical (unpaired) electrons. The van der Waals surface area contributed by atoms with E-state index in [1.54, 1.807) is 0 Å². The van der Waals surface area contributed by atoms with E-state index in [1.807, 2.05) is 30.6 Å². The van der Waals surface area contributed by atoms with Gasteiger partial charge in [0.2, 0.25) is 11.8 Å². The summed E-state index contributed by atoms with van der Waals surface area (Å²) in [7, 11) is 0. The van der Waals surface area contributed by atoms with Crippen LogP contribution in [0.15, 0.2) is 53.2 Å². The number of benzene rings is 1. The van der Waals surface area contributed by atoms with Crippen LogP contribution in [0.5, 0.6) is 0 Å². The van der Waals surface area contributed by atoms with Gasteiger partial charge in [0.1, 0.15) is 11.7 Å². The van der Waals surface area contributed by atoms with Crippen LogP contribution in [0.2, 0.25) is 0 Å². The summed E-state index contributed by atoms with van der Waals surface area (Å²) in [5.74, 6) is 0.313. The number of rotatable bonds is 10. The fraction of sp³-hybridized carbons (Fsp3) is 0.500. The third-order valence-corrected chi connectivity index (χ3v) is 7.25. The first-order valence-electron chi connectivity index (χ1n) is 12.2. The number of carbonyl (C=O) groups excluding carboxylic acids is 2. The lowest BCUT2D eigenvalue weighted by molar-refractivity contribution is -0.122. The van der Waals surface area contributed by atoms with Crippen LogP contribution in [0.1, 0.15) is 45.1 Å². The van der Waals surface area contributed by atoms with Gasteiger partial charge in [0.15, 0.2) is 0 Å². The zero-order valence-electron chi connectivity index (χ0n) is 20.0. The van der Waals surface area contributed by atoms with Crippen molar-refractivity contribution in [1.82, 2.24) is 10.6 Å². The molecule has 3 unspecified atom stereocenters. The number of hydrogen-bond donors (Lipinski definition) is 5. The molecule has 4 rings (SSSR count). The zero-order valence-corrected chi connectivity index (χ0v) is 20.0. The smallest absolute Gasteiger partial charge is 0.247 e. The summed E-state index contributed by atoms with van der Waals surface area (Å²) in [4.78, 5) is 28.4. The number of nitrogens with two attached hydrogens (primary N) is 2. The number of anilines is 1. The van der Waals surface area contributed by atoms with Crippen molar-refractivity contribution >= 4 is 23.7 Å². The number of aliphatic imine (C=N–C) groups is 1. The van der Waals surface area contributed by atoms with E-state index >= 15 is 0 Å². The van der Waals surface area contributed by atoms with Gasteiger partial charge in [-0.15, -0.1) is 0 Å². The molecule has 1 fully saturated rings. The molecule has 7 N–H and O–H groups in total. The van der Waals surface area contributed by atoms with Crippen molar-refractivity contribution in [3.63, 3.8) is 0 Å². The summed E-state index contributed by atoms with van der Waals surface area (Å²) in [5, 5.41) is 10.2. The fourth-order valence-electron chi connectivity index (χ4n) is 5.12. The van der Waals surface area contributed by atoms with E-state index in [0.717, 1.165) is 31.4 Å². The molecule has 8 nitrogen and oxygen atoms in total. The summed E-state index contributed by atoms with van der Waals surface area (Å²) >= 11 is 0. The highest BCUT2D eigenvalue weighted by atomic mass is 16.2. The van der Waals surface area contributed by atoms with Crippen LogP contribution < -0.4 is 27.4 Å². The number of primary amides is 2. The Bertz CT molecular complexity index is 999. The van der Waals surface area contributed by atoms with Gasteiger partial charge in [-0.3, -0.25) is 25.2 Å². The van der Waals surface area contributed by atoms with Crippen LogP contribution in [-0.2, 0) is 16.0 Å². The molecule has 0 aromatic heterocycles. The molecule has 3 aliphatic rings. The molecule has 182 valence electrons. The van der Waals surface area contributed by atoms with Crippen LogP contribution in [0, 0.1) is 17.8 Å². The molecular weight excluding hydrogens is 428 g/mol. The van der Waals surface area contributed by atoms with Crippen LogP contribution in [0.25, 0.3) is 0 Å². The van der Waals surface area contributed by atoms with E-state index in [4.69, 9.17) is 11.5 Å². The summed E-state index contributed by atoms with van der Waals surface area (Å²) < 4.78 is 0. The van der Waals surface area contributed by atoms with Crippen molar-refractivity contribution < 1.29 is 9.59 Å². The zero-order chi connectivity index (χ0) is 24.3. The van der Waals surface area contributed by atoms with Crippen LogP contribution >= 0.6 is 0 Å². The minimum atomic E-state index is -0.699. The second-order valence-corrected chi connectivity index (χ2v) is 10.00. The molecule has 34 heavy (non-hydrogen) atoms. The molecule has 0 bridgehead atoms. The van der Waals surface area contributed by atoms with Crippen LogP contribution in [-0.4, -0.2) is 35.9 Å². The van der Waals surface area contributed by atoms with Gasteiger partial charge in [-0.1, -0.05) is 38.1 Å². The number of amides is 2. The average Bonchev–Trinajstić information content (AvgIpc) is 3.55. The summed E-state index contributed by atoms with van der Waals surface area (Å²) in [5.41, 5.74) is 13.3. The quantitative estimate of drug-likeness (QED) is 0.362. The topological polar surface area (TPSA) is 135 Å². The molecule has 1 saturated carbocycles. The van der Waals surface area contributed by atoms with Crippen LogP contribution in [0.3, 0.4) is 0 Å². The molecule has 1 aliphatic carbocycles. The number of aryl methyl sites for hydroxylation is 1. The molecular formula is C26H36N6O2. The molecule has 2 heterocycles. The van der Waals surface area contributed by atoms with Crippen molar-refractivity contribution in [1.29, 1.82) is 0 Å². The monoisotopic (exact) mass is 464 g/mol. The Kier molecular flexibility index (Phi) is 7.19. The third kappa shape index (κ3) is 5.39. The Labute approximate surface area is 201 Å². The largest absolute Gasteiger partial charge is 0.368 e. The van der Waals surface area contributed by atoms with E-state index in [2.05, 4.69) is 53.0 Å². The Morgan fingerprint density at radius 3 is 2.56 bits per heavy atom.